The minimum Gasteiger partial charge on any atom is -0.493 e. The Kier molecular flexibility index (Phi) is 10.8. The highest BCUT2D eigenvalue weighted by molar-refractivity contribution is 5.84. The van der Waals surface area contributed by atoms with Crippen LogP contribution in [-0.4, -0.2) is 75.7 Å². The van der Waals surface area contributed by atoms with Crippen molar-refractivity contribution in [2.24, 2.45) is 0 Å². The maximum absolute atomic E-state index is 13.5. The molecule has 3 aromatic rings. The van der Waals surface area contributed by atoms with E-state index >= 15 is 0 Å². The number of piperazine rings is 1. The van der Waals surface area contributed by atoms with Gasteiger partial charge in [0.1, 0.15) is 0 Å². The summed E-state index contributed by atoms with van der Waals surface area (Å²) < 4.78 is 17.1. The molecule has 0 unspecified atom stereocenters. The smallest absolute Gasteiger partial charge is 0.222 e. The molecule has 1 heterocycles. The van der Waals surface area contributed by atoms with E-state index in [2.05, 4.69) is 39.8 Å². The number of hydrogen-bond acceptors (Lipinski definition) is 8. The number of methoxy groups -OCH3 is 3. The number of amides is 2. The maximum Gasteiger partial charge on any atom is 0.222 e. The minimum atomic E-state index is -0.375. The summed E-state index contributed by atoms with van der Waals surface area (Å²) >= 11 is 0. The molecule has 1 saturated heterocycles. The van der Waals surface area contributed by atoms with E-state index in [4.69, 9.17) is 14.2 Å². The number of carbonyl (C=O) groups is 2. The van der Waals surface area contributed by atoms with Crippen LogP contribution in [0.15, 0.2) is 59.4 Å². The summed E-state index contributed by atoms with van der Waals surface area (Å²) in [5, 5.41) is 6.29. The first kappa shape index (κ1) is 32.8. The molecule has 244 valence electrons. The molecule has 1 fully saturated rings. The Labute approximate surface area is 270 Å². The van der Waals surface area contributed by atoms with Crippen LogP contribution in [0.5, 0.6) is 17.2 Å². The second kappa shape index (κ2) is 15.1. The fourth-order valence-electron chi connectivity index (χ4n) is 6.47. The van der Waals surface area contributed by atoms with Crippen molar-refractivity contribution < 1.29 is 23.8 Å². The second-order valence-electron chi connectivity index (χ2n) is 11.8. The average Bonchev–Trinajstić information content (AvgIpc) is 3.30. The van der Waals surface area contributed by atoms with Gasteiger partial charge in [0, 0.05) is 58.2 Å². The van der Waals surface area contributed by atoms with E-state index in [0.717, 1.165) is 49.4 Å². The molecular weight excluding hydrogens is 584 g/mol. The molecule has 0 bridgehead atoms. The predicted octanol–water partition coefficient (Wildman–Crippen LogP) is 4.40. The first-order valence-electron chi connectivity index (χ1n) is 15.9. The highest BCUT2D eigenvalue weighted by Gasteiger charge is 2.29. The number of rotatable bonds is 11. The highest BCUT2D eigenvalue weighted by atomic mass is 16.5. The third kappa shape index (κ3) is 7.45. The summed E-state index contributed by atoms with van der Waals surface area (Å²) in [6.07, 6.45) is 2.23. The van der Waals surface area contributed by atoms with Gasteiger partial charge in [0.05, 0.1) is 33.1 Å². The lowest BCUT2D eigenvalue weighted by Crippen LogP contribution is -2.48. The summed E-state index contributed by atoms with van der Waals surface area (Å²) in [6, 6.07) is 17.2. The molecule has 3 aromatic carbocycles. The number of hydrogen-bond donors (Lipinski definition) is 2. The van der Waals surface area contributed by atoms with Gasteiger partial charge in [0.15, 0.2) is 11.5 Å². The molecule has 2 N–H and O–H groups in total. The molecule has 0 spiro atoms. The standard InChI is InChI=1S/C36H44N4O6/c1-24(41)38-29-14-12-26-21-32(44-2)35(45-3)36(46-4)34(26)27-13-15-30(31(42)22-28(27)29)37-16-8-11-33(43)40-19-17-39(18-20-40)23-25-9-6-5-7-10-25/h5-7,9-10,13,15,21-22,29H,8,11-12,14,16-20,23H2,1-4H3,(H,37,42)(H,38,41)/t29-/m0/s1. The molecule has 10 nitrogen and oxygen atoms in total. The van der Waals surface area contributed by atoms with Gasteiger partial charge in [0.25, 0.3) is 0 Å². The number of carbonyl (C=O) groups excluding carboxylic acids is 2. The van der Waals surface area contributed by atoms with E-state index < -0.39 is 0 Å². The Bertz CT molecular complexity index is 1600. The molecule has 5 rings (SSSR count). The number of nitrogens with zero attached hydrogens (tertiary/aromatic N) is 2. The van der Waals surface area contributed by atoms with Crippen molar-refractivity contribution in [3.63, 3.8) is 0 Å². The molecule has 1 atom stereocenters. The third-order valence-electron chi connectivity index (χ3n) is 8.77. The van der Waals surface area contributed by atoms with E-state index in [9.17, 15) is 14.4 Å². The first-order chi connectivity index (χ1) is 22.3. The summed E-state index contributed by atoms with van der Waals surface area (Å²) in [5.41, 5.74) is 4.77. The maximum atomic E-state index is 13.5. The van der Waals surface area contributed by atoms with Gasteiger partial charge in [-0.25, -0.2) is 0 Å². The van der Waals surface area contributed by atoms with Crippen LogP contribution in [0.2, 0.25) is 0 Å². The highest BCUT2D eigenvalue weighted by Crippen LogP contribution is 2.50. The lowest BCUT2D eigenvalue weighted by atomic mass is 9.95. The predicted molar refractivity (Wildman–Crippen MR) is 179 cm³/mol. The van der Waals surface area contributed by atoms with Crippen molar-refractivity contribution in [3.8, 4) is 28.4 Å². The van der Waals surface area contributed by atoms with Crippen LogP contribution >= 0.6 is 0 Å². The number of fused-ring (bicyclic) bond motifs is 3. The molecular formula is C36H44N4O6. The van der Waals surface area contributed by atoms with Crippen LogP contribution in [0.3, 0.4) is 0 Å². The van der Waals surface area contributed by atoms with E-state index in [0.29, 0.717) is 60.7 Å². The summed E-state index contributed by atoms with van der Waals surface area (Å²) in [4.78, 5) is 43.0. The van der Waals surface area contributed by atoms with Crippen LogP contribution in [-0.2, 0) is 22.6 Å². The van der Waals surface area contributed by atoms with Crippen LogP contribution in [0.4, 0.5) is 5.69 Å². The van der Waals surface area contributed by atoms with Gasteiger partial charge in [-0.2, -0.15) is 0 Å². The van der Waals surface area contributed by atoms with Gasteiger partial charge in [-0.15, -0.1) is 0 Å². The number of benzene rings is 2. The Morgan fingerprint density at radius 2 is 1.65 bits per heavy atom. The topological polar surface area (TPSA) is 109 Å². The van der Waals surface area contributed by atoms with Crippen LogP contribution in [0, 0.1) is 0 Å². The summed E-state index contributed by atoms with van der Waals surface area (Å²) in [7, 11) is 4.72. The fourth-order valence-corrected chi connectivity index (χ4v) is 6.47. The van der Waals surface area contributed by atoms with Gasteiger partial charge in [-0.1, -0.05) is 36.4 Å². The van der Waals surface area contributed by atoms with E-state index in [1.807, 2.05) is 23.1 Å². The molecule has 2 aliphatic rings. The quantitative estimate of drug-likeness (QED) is 0.301. The van der Waals surface area contributed by atoms with Gasteiger partial charge < -0.3 is 29.7 Å². The molecule has 46 heavy (non-hydrogen) atoms. The lowest BCUT2D eigenvalue weighted by molar-refractivity contribution is -0.133. The van der Waals surface area contributed by atoms with Crippen molar-refractivity contribution in [2.75, 3.05) is 59.4 Å². The van der Waals surface area contributed by atoms with Crippen molar-refractivity contribution in [3.05, 3.63) is 81.5 Å². The molecule has 1 aliphatic carbocycles. The fraction of sp³-hybridized carbons (Fsp3) is 0.417. The number of nitrogens with one attached hydrogen (secondary N) is 2. The number of anilines is 1. The zero-order chi connectivity index (χ0) is 32.6. The normalized spacial score (nSPS) is 16.0. The summed E-state index contributed by atoms with van der Waals surface area (Å²) in [5.74, 6) is 1.48. The monoisotopic (exact) mass is 628 g/mol. The SMILES string of the molecule is COc1cc2c(c(OC)c1OC)-c1ccc(NCCCC(=O)N3CCN(Cc4ccccc4)CC3)c(=O)cc1[C@@H](NC(C)=O)CC2. The first-order valence-corrected chi connectivity index (χ1v) is 15.9. The van der Waals surface area contributed by atoms with Crippen LogP contribution in [0.1, 0.15) is 48.9 Å². The average molecular weight is 629 g/mol. The Morgan fingerprint density at radius 1 is 0.913 bits per heavy atom. The zero-order valence-corrected chi connectivity index (χ0v) is 27.2. The largest absolute Gasteiger partial charge is 0.493 e. The van der Waals surface area contributed by atoms with E-state index in [-0.39, 0.29) is 23.3 Å². The number of ether oxygens (including phenoxy) is 3. The molecule has 1 aliphatic heterocycles. The van der Waals surface area contributed by atoms with Crippen molar-refractivity contribution >= 4 is 17.5 Å². The van der Waals surface area contributed by atoms with Gasteiger partial charge in [0.2, 0.25) is 23.0 Å². The van der Waals surface area contributed by atoms with Gasteiger partial charge in [-0.05, 0) is 59.7 Å². The van der Waals surface area contributed by atoms with E-state index in [1.54, 1.807) is 33.5 Å². The number of aryl methyl sites for hydroxylation is 1. The van der Waals surface area contributed by atoms with Crippen LogP contribution < -0.4 is 30.3 Å². The Balaban J connectivity index is 1.29. The Hall–Kier alpha value is -4.57. The molecule has 2 amide bonds. The van der Waals surface area contributed by atoms with Crippen molar-refractivity contribution in [1.82, 2.24) is 15.1 Å². The van der Waals surface area contributed by atoms with Gasteiger partial charge >= 0.3 is 0 Å². The van der Waals surface area contributed by atoms with E-state index in [1.165, 1.54) is 12.5 Å². The van der Waals surface area contributed by atoms with Crippen molar-refractivity contribution in [2.45, 2.75) is 45.2 Å². The second-order valence-corrected chi connectivity index (χ2v) is 11.8. The molecule has 10 heteroatoms. The van der Waals surface area contributed by atoms with Crippen molar-refractivity contribution in [1.29, 1.82) is 0 Å². The molecule has 0 radical (unpaired) electrons. The van der Waals surface area contributed by atoms with Crippen LogP contribution in [0.25, 0.3) is 11.1 Å². The molecule has 0 aromatic heterocycles. The zero-order valence-electron chi connectivity index (χ0n) is 27.2. The van der Waals surface area contributed by atoms with Gasteiger partial charge in [-0.3, -0.25) is 19.3 Å². The third-order valence-corrected chi connectivity index (χ3v) is 8.77. The Morgan fingerprint density at radius 3 is 2.33 bits per heavy atom. The minimum absolute atomic E-state index is 0.139. The lowest BCUT2D eigenvalue weighted by Gasteiger charge is -2.34. The summed E-state index contributed by atoms with van der Waals surface area (Å²) in [6.45, 7) is 6.01. The molecule has 0 saturated carbocycles.